The average molecular weight is 295 g/mol. The van der Waals surface area contributed by atoms with Crippen LogP contribution in [0.4, 0.5) is 0 Å². The summed E-state index contributed by atoms with van der Waals surface area (Å²) in [6.07, 6.45) is 1.28. The Kier molecular flexibility index (Phi) is 4.30. The van der Waals surface area contributed by atoms with Crippen LogP contribution >= 0.6 is 0 Å². The topological polar surface area (TPSA) is 20.3 Å². The number of nitrogens with zero attached hydrogens (tertiary/aromatic N) is 1. The van der Waals surface area contributed by atoms with Crippen LogP contribution in [0.1, 0.15) is 36.2 Å². The molecule has 1 aliphatic rings. The highest BCUT2D eigenvalue weighted by molar-refractivity contribution is 6.10. The number of ketones is 1. The van der Waals surface area contributed by atoms with Crippen LogP contribution in [-0.4, -0.2) is 30.3 Å². The summed E-state index contributed by atoms with van der Waals surface area (Å²) in [6.45, 7) is 9.25. The van der Waals surface area contributed by atoms with Crippen molar-refractivity contribution in [2.24, 2.45) is 11.8 Å². The van der Waals surface area contributed by atoms with E-state index in [-0.39, 0.29) is 5.78 Å². The molecule has 0 spiro atoms. The van der Waals surface area contributed by atoms with Crippen molar-refractivity contribution in [2.75, 3.05) is 19.6 Å². The van der Waals surface area contributed by atoms with Crippen molar-refractivity contribution in [3.05, 3.63) is 47.5 Å². The first-order valence-electron chi connectivity index (χ1n) is 8.28. The van der Waals surface area contributed by atoms with Gasteiger partial charge in [0.25, 0.3) is 0 Å². The first kappa shape index (κ1) is 15.2. The van der Waals surface area contributed by atoms with Crippen molar-refractivity contribution in [3.63, 3.8) is 0 Å². The average Bonchev–Trinajstić information content (AvgIpc) is 2.45. The lowest BCUT2D eigenvalue weighted by atomic mass is 9.91. The quantitative estimate of drug-likeness (QED) is 0.786. The van der Waals surface area contributed by atoms with Gasteiger partial charge >= 0.3 is 0 Å². The maximum atomic E-state index is 12.9. The Balaban J connectivity index is 1.88. The maximum absolute atomic E-state index is 12.9. The standard InChI is InChI=1S/C20H25NO/c1-14-10-15(2)12-21(11-14)13-19(22)20-16(3)8-9-17-6-4-5-7-18(17)20/h4-9,14-15H,10-13H2,1-3H3. The summed E-state index contributed by atoms with van der Waals surface area (Å²) >= 11 is 0. The molecule has 1 fully saturated rings. The van der Waals surface area contributed by atoms with Crippen LogP contribution in [-0.2, 0) is 0 Å². The lowest BCUT2D eigenvalue weighted by Gasteiger charge is -2.34. The minimum absolute atomic E-state index is 0.260. The molecule has 0 saturated carbocycles. The Bertz CT molecular complexity index is 681. The van der Waals surface area contributed by atoms with Crippen LogP contribution in [0.3, 0.4) is 0 Å². The minimum atomic E-state index is 0.260. The molecule has 1 saturated heterocycles. The lowest BCUT2D eigenvalue weighted by molar-refractivity contribution is 0.0850. The van der Waals surface area contributed by atoms with Gasteiger partial charge in [0, 0.05) is 18.7 Å². The van der Waals surface area contributed by atoms with Crippen LogP contribution in [0.2, 0.25) is 0 Å². The fraction of sp³-hybridized carbons (Fsp3) is 0.450. The molecule has 2 aromatic carbocycles. The fourth-order valence-corrected chi connectivity index (χ4v) is 3.95. The molecule has 0 radical (unpaired) electrons. The molecule has 3 rings (SSSR count). The van der Waals surface area contributed by atoms with Gasteiger partial charge in [0.2, 0.25) is 0 Å². The third kappa shape index (κ3) is 3.07. The summed E-state index contributed by atoms with van der Waals surface area (Å²) in [5, 5.41) is 2.24. The largest absolute Gasteiger partial charge is 0.295 e. The van der Waals surface area contributed by atoms with E-state index in [9.17, 15) is 4.79 Å². The predicted octanol–water partition coefficient (Wildman–Crippen LogP) is 4.31. The second kappa shape index (κ2) is 6.21. The highest BCUT2D eigenvalue weighted by Gasteiger charge is 2.24. The van der Waals surface area contributed by atoms with Crippen molar-refractivity contribution >= 4 is 16.6 Å². The summed E-state index contributed by atoms with van der Waals surface area (Å²) in [5.41, 5.74) is 1.99. The van der Waals surface area contributed by atoms with E-state index in [1.54, 1.807) is 0 Å². The second-order valence-electron chi connectivity index (χ2n) is 7.04. The fourth-order valence-electron chi connectivity index (χ4n) is 3.95. The summed E-state index contributed by atoms with van der Waals surface area (Å²) in [6, 6.07) is 12.4. The van der Waals surface area contributed by atoms with Crippen molar-refractivity contribution in [3.8, 4) is 0 Å². The Hall–Kier alpha value is -1.67. The number of benzene rings is 2. The monoisotopic (exact) mass is 295 g/mol. The van der Waals surface area contributed by atoms with E-state index in [0.29, 0.717) is 18.4 Å². The molecule has 0 amide bonds. The van der Waals surface area contributed by atoms with E-state index < -0.39 is 0 Å². The Morgan fingerprint density at radius 1 is 1.09 bits per heavy atom. The Morgan fingerprint density at radius 2 is 1.77 bits per heavy atom. The first-order valence-corrected chi connectivity index (χ1v) is 8.28. The van der Waals surface area contributed by atoms with Gasteiger partial charge in [-0.25, -0.2) is 0 Å². The summed E-state index contributed by atoms with van der Waals surface area (Å²) in [5.74, 6) is 1.63. The number of hydrogen-bond donors (Lipinski definition) is 0. The molecule has 1 aliphatic heterocycles. The molecular formula is C20H25NO. The van der Waals surface area contributed by atoms with Gasteiger partial charge in [0.1, 0.15) is 0 Å². The summed E-state index contributed by atoms with van der Waals surface area (Å²) < 4.78 is 0. The number of piperidine rings is 1. The smallest absolute Gasteiger partial charge is 0.177 e. The SMILES string of the molecule is Cc1ccc2ccccc2c1C(=O)CN1CC(C)CC(C)C1. The molecule has 0 aliphatic carbocycles. The maximum Gasteiger partial charge on any atom is 0.177 e. The van der Waals surface area contributed by atoms with Crippen LogP contribution in [0.25, 0.3) is 10.8 Å². The molecule has 22 heavy (non-hydrogen) atoms. The van der Waals surface area contributed by atoms with E-state index in [4.69, 9.17) is 0 Å². The van der Waals surface area contributed by atoms with Crippen LogP contribution in [0.5, 0.6) is 0 Å². The molecule has 2 heteroatoms. The van der Waals surface area contributed by atoms with Crippen molar-refractivity contribution in [2.45, 2.75) is 27.2 Å². The van der Waals surface area contributed by atoms with E-state index in [2.05, 4.69) is 43.0 Å². The predicted molar refractivity (Wildman–Crippen MR) is 92.4 cm³/mol. The van der Waals surface area contributed by atoms with Gasteiger partial charge < -0.3 is 0 Å². The number of fused-ring (bicyclic) bond motifs is 1. The molecule has 116 valence electrons. The zero-order valence-corrected chi connectivity index (χ0v) is 13.8. The van der Waals surface area contributed by atoms with E-state index in [0.717, 1.165) is 35.0 Å². The highest BCUT2D eigenvalue weighted by Crippen LogP contribution is 2.25. The number of carbonyl (C=O) groups is 1. The molecule has 0 aromatic heterocycles. The number of hydrogen-bond acceptors (Lipinski definition) is 2. The van der Waals surface area contributed by atoms with Gasteiger partial charge in [0.05, 0.1) is 6.54 Å². The second-order valence-corrected chi connectivity index (χ2v) is 7.04. The van der Waals surface area contributed by atoms with E-state index >= 15 is 0 Å². The highest BCUT2D eigenvalue weighted by atomic mass is 16.1. The third-order valence-corrected chi connectivity index (χ3v) is 4.73. The first-order chi connectivity index (χ1) is 10.5. The number of likely N-dealkylation sites (tertiary alicyclic amines) is 1. The van der Waals surface area contributed by atoms with Crippen molar-refractivity contribution in [1.29, 1.82) is 0 Å². The zero-order chi connectivity index (χ0) is 15.7. The van der Waals surface area contributed by atoms with Crippen LogP contribution in [0, 0.1) is 18.8 Å². The van der Waals surface area contributed by atoms with E-state index in [1.165, 1.54) is 6.42 Å². The number of Topliss-reactive ketones (excluding diaryl/α,β-unsaturated/α-hetero) is 1. The molecule has 2 nitrogen and oxygen atoms in total. The van der Waals surface area contributed by atoms with Gasteiger partial charge in [0.15, 0.2) is 5.78 Å². The number of rotatable bonds is 3. The van der Waals surface area contributed by atoms with Gasteiger partial charge in [-0.2, -0.15) is 0 Å². The Labute approximate surface area is 133 Å². The summed E-state index contributed by atoms with van der Waals surface area (Å²) in [4.78, 5) is 15.3. The molecular weight excluding hydrogens is 270 g/mol. The number of carbonyl (C=O) groups excluding carboxylic acids is 1. The third-order valence-electron chi connectivity index (χ3n) is 4.73. The summed E-state index contributed by atoms with van der Waals surface area (Å²) in [7, 11) is 0. The van der Waals surface area contributed by atoms with Gasteiger partial charge in [-0.1, -0.05) is 50.2 Å². The number of aryl methyl sites for hydroxylation is 1. The van der Waals surface area contributed by atoms with Crippen molar-refractivity contribution in [1.82, 2.24) is 4.90 Å². The molecule has 2 atom stereocenters. The normalized spacial score (nSPS) is 22.9. The molecule has 1 heterocycles. The molecule has 2 unspecified atom stereocenters. The van der Waals surface area contributed by atoms with Gasteiger partial charge in [-0.3, -0.25) is 9.69 Å². The van der Waals surface area contributed by atoms with Gasteiger partial charge in [-0.05, 0) is 41.5 Å². The molecule has 2 aromatic rings. The van der Waals surface area contributed by atoms with Crippen LogP contribution < -0.4 is 0 Å². The Morgan fingerprint density at radius 3 is 2.50 bits per heavy atom. The van der Waals surface area contributed by atoms with E-state index in [1.807, 2.05) is 19.1 Å². The zero-order valence-electron chi connectivity index (χ0n) is 13.8. The van der Waals surface area contributed by atoms with Gasteiger partial charge in [-0.15, -0.1) is 0 Å². The minimum Gasteiger partial charge on any atom is -0.295 e. The van der Waals surface area contributed by atoms with Crippen molar-refractivity contribution < 1.29 is 4.79 Å². The lowest BCUT2D eigenvalue weighted by Crippen LogP contribution is -2.41. The molecule has 0 N–H and O–H groups in total. The molecule has 0 bridgehead atoms. The van der Waals surface area contributed by atoms with Crippen LogP contribution in [0.15, 0.2) is 36.4 Å².